The molecule has 0 N–H and O–H groups in total. The molecule has 2 fully saturated rings. The van der Waals surface area contributed by atoms with Crippen LogP contribution in [0.5, 0.6) is 0 Å². The zero-order valence-electron chi connectivity index (χ0n) is 15.3. The number of carbonyl (C=O) groups is 2. The van der Waals surface area contributed by atoms with Crippen molar-refractivity contribution in [1.29, 1.82) is 0 Å². The summed E-state index contributed by atoms with van der Waals surface area (Å²) in [6, 6.07) is 9.59. The highest BCUT2D eigenvalue weighted by atomic mass is 32.2. The zero-order chi connectivity index (χ0) is 18.6. The topological polar surface area (TPSA) is 59.1 Å². The van der Waals surface area contributed by atoms with E-state index in [1.165, 1.54) is 0 Å². The van der Waals surface area contributed by atoms with Crippen LogP contribution in [0.15, 0.2) is 30.3 Å². The fraction of sp³-hybridized carbons (Fsp3) is 0.579. The molecule has 2 heterocycles. The molecule has 26 heavy (non-hydrogen) atoms. The molecule has 0 aliphatic carbocycles. The van der Waals surface area contributed by atoms with Crippen LogP contribution in [0.25, 0.3) is 0 Å². The first-order chi connectivity index (χ1) is 12.6. The molecule has 2 saturated heterocycles. The third-order valence-electron chi connectivity index (χ3n) is 5.04. The van der Waals surface area contributed by atoms with Gasteiger partial charge in [-0.3, -0.25) is 4.90 Å². The molecule has 1 aromatic carbocycles. The molecule has 6 nitrogen and oxygen atoms in total. The van der Waals surface area contributed by atoms with E-state index in [1.807, 2.05) is 37.3 Å². The number of likely N-dealkylation sites (tertiary alicyclic amines) is 1. The second-order valence-corrected chi connectivity index (χ2v) is 8.17. The van der Waals surface area contributed by atoms with E-state index in [9.17, 15) is 9.59 Å². The Morgan fingerprint density at radius 2 is 1.96 bits per heavy atom. The molecular weight excluding hydrogens is 352 g/mol. The summed E-state index contributed by atoms with van der Waals surface area (Å²) in [7, 11) is 0. The molecule has 0 aromatic heterocycles. The molecule has 2 amide bonds. The van der Waals surface area contributed by atoms with Gasteiger partial charge < -0.3 is 14.4 Å². The molecule has 0 spiro atoms. The van der Waals surface area contributed by atoms with Crippen LogP contribution < -0.4 is 0 Å². The van der Waals surface area contributed by atoms with Gasteiger partial charge in [0.05, 0.1) is 12.6 Å². The molecule has 2 aliphatic heterocycles. The Morgan fingerprint density at radius 3 is 2.69 bits per heavy atom. The quantitative estimate of drug-likeness (QED) is 0.799. The molecule has 142 valence electrons. The van der Waals surface area contributed by atoms with E-state index in [4.69, 9.17) is 9.47 Å². The molecule has 0 saturated carbocycles. The second kappa shape index (κ2) is 8.20. The maximum Gasteiger partial charge on any atom is 0.410 e. The Balaban J connectivity index is 1.68. The predicted molar refractivity (Wildman–Crippen MR) is 101 cm³/mol. The molecule has 2 atom stereocenters. The Kier molecular flexibility index (Phi) is 5.96. The maximum atomic E-state index is 12.7. The minimum Gasteiger partial charge on any atom is -0.450 e. The lowest BCUT2D eigenvalue weighted by atomic mass is 10.1. The predicted octanol–water partition coefficient (Wildman–Crippen LogP) is 3.71. The fourth-order valence-electron chi connectivity index (χ4n) is 3.74. The normalized spacial score (nSPS) is 25.4. The summed E-state index contributed by atoms with van der Waals surface area (Å²) in [5.74, 6) is 0.846. The van der Waals surface area contributed by atoms with E-state index in [1.54, 1.807) is 28.5 Å². The van der Waals surface area contributed by atoms with Crippen LogP contribution >= 0.6 is 11.8 Å². The minimum absolute atomic E-state index is 0.0670. The van der Waals surface area contributed by atoms with Gasteiger partial charge in [0.15, 0.2) is 0 Å². The molecule has 3 rings (SSSR count). The summed E-state index contributed by atoms with van der Waals surface area (Å²) in [5.41, 5.74) is 0.964. The number of carbonyl (C=O) groups excluding carboxylic acids is 2. The Labute approximate surface area is 158 Å². The molecular formula is C19H26N2O4S. The summed E-state index contributed by atoms with van der Waals surface area (Å²) in [6.07, 6.45) is 1.16. The van der Waals surface area contributed by atoms with Crippen LogP contribution in [-0.4, -0.2) is 58.3 Å². The van der Waals surface area contributed by atoms with Crippen molar-refractivity contribution in [3.05, 3.63) is 35.9 Å². The first-order valence-electron chi connectivity index (χ1n) is 9.12. The van der Waals surface area contributed by atoms with Crippen molar-refractivity contribution in [2.24, 2.45) is 0 Å². The van der Waals surface area contributed by atoms with Crippen LogP contribution in [0.3, 0.4) is 0 Å². The maximum absolute atomic E-state index is 12.7. The first-order valence-corrected chi connectivity index (χ1v) is 10.1. The Morgan fingerprint density at radius 1 is 1.19 bits per heavy atom. The summed E-state index contributed by atoms with van der Waals surface area (Å²) in [4.78, 5) is 28.1. The van der Waals surface area contributed by atoms with Crippen molar-refractivity contribution in [3.8, 4) is 0 Å². The molecule has 0 radical (unpaired) electrons. The Hall–Kier alpha value is -1.89. The van der Waals surface area contributed by atoms with Crippen LogP contribution in [0.4, 0.5) is 9.59 Å². The van der Waals surface area contributed by atoms with E-state index in [2.05, 4.69) is 0 Å². The summed E-state index contributed by atoms with van der Waals surface area (Å²) >= 11 is 1.72. The second-order valence-electron chi connectivity index (χ2n) is 6.65. The minimum atomic E-state index is -0.478. The van der Waals surface area contributed by atoms with E-state index >= 15 is 0 Å². The molecule has 0 unspecified atom stereocenters. The highest BCUT2D eigenvalue weighted by Gasteiger charge is 2.52. The van der Waals surface area contributed by atoms with Gasteiger partial charge in [0.2, 0.25) is 0 Å². The van der Waals surface area contributed by atoms with Crippen LogP contribution in [0.1, 0.15) is 32.3 Å². The van der Waals surface area contributed by atoms with Gasteiger partial charge in [-0.25, -0.2) is 9.59 Å². The summed E-state index contributed by atoms with van der Waals surface area (Å²) in [5, 5.41) is 0. The largest absolute Gasteiger partial charge is 0.450 e. The van der Waals surface area contributed by atoms with Crippen molar-refractivity contribution >= 4 is 23.9 Å². The van der Waals surface area contributed by atoms with Gasteiger partial charge in [0.25, 0.3) is 0 Å². The van der Waals surface area contributed by atoms with E-state index in [0.29, 0.717) is 19.7 Å². The molecule has 0 bridgehead atoms. The van der Waals surface area contributed by atoms with Crippen molar-refractivity contribution in [1.82, 2.24) is 9.80 Å². The van der Waals surface area contributed by atoms with Crippen LogP contribution in [0, 0.1) is 0 Å². The molecule has 1 aromatic rings. The van der Waals surface area contributed by atoms with Gasteiger partial charge in [-0.05, 0) is 32.3 Å². The van der Waals surface area contributed by atoms with E-state index in [0.717, 1.165) is 24.2 Å². The first kappa shape index (κ1) is 18.9. The highest BCUT2D eigenvalue weighted by Crippen LogP contribution is 2.44. The lowest BCUT2D eigenvalue weighted by Gasteiger charge is -2.41. The summed E-state index contributed by atoms with van der Waals surface area (Å²) in [6.45, 7) is 5.75. The van der Waals surface area contributed by atoms with Crippen LogP contribution in [0.2, 0.25) is 0 Å². The number of ether oxygens (including phenoxy) is 2. The standard InChI is InChI=1S/C19H26N2O4S/c1-3-24-18(23)21-12-13-26-19(21,2)16-10-7-11-20(16)17(22)25-14-15-8-5-4-6-9-15/h4-6,8-9,16H,3,7,10-14H2,1-2H3/t16-,19+/m1/s1. The third-order valence-corrected chi connectivity index (χ3v) is 6.51. The third kappa shape index (κ3) is 3.77. The lowest BCUT2D eigenvalue weighted by Crippen LogP contribution is -2.57. The summed E-state index contributed by atoms with van der Waals surface area (Å²) < 4.78 is 10.8. The SMILES string of the molecule is CCOC(=O)N1CCS[C@@]1(C)[C@H]1CCCN1C(=O)OCc1ccccc1. The van der Waals surface area contributed by atoms with Gasteiger partial charge in [-0.2, -0.15) is 0 Å². The molecule has 2 aliphatic rings. The number of benzene rings is 1. The number of hydrogen-bond donors (Lipinski definition) is 0. The number of nitrogens with zero attached hydrogens (tertiary/aromatic N) is 2. The van der Waals surface area contributed by atoms with Crippen molar-refractivity contribution < 1.29 is 19.1 Å². The number of amides is 2. The fourth-order valence-corrected chi connectivity index (χ4v) is 5.18. The van der Waals surface area contributed by atoms with Gasteiger partial charge in [-0.1, -0.05) is 30.3 Å². The smallest absolute Gasteiger partial charge is 0.410 e. The van der Waals surface area contributed by atoms with Gasteiger partial charge in [-0.15, -0.1) is 11.8 Å². The van der Waals surface area contributed by atoms with Gasteiger partial charge in [0, 0.05) is 18.8 Å². The zero-order valence-corrected chi connectivity index (χ0v) is 16.2. The highest BCUT2D eigenvalue weighted by molar-refractivity contribution is 8.00. The van der Waals surface area contributed by atoms with Gasteiger partial charge in [0.1, 0.15) is 11.5 Å². The van der Waals surface area contributed by atoms with E-state index in [-0.39, 0.29) is 24.8 Å². The lowest BCUT2D eigenvalue weighted by molar-refractivity contribution is 0.0514. The van der Waals surface area contributed by atoms with Crippen molar-refractivity contribution in [3.63, 3.8) is 0 Å². The monoisotopic (exact) mass is 378 g/mol. The number of rotatable bonds is 4. The Bertz CT molecular complexity index is 642. The molecule has 7 heteroatoms. The average molecular weight is 378 g/mol. The van der Waals surface area contributed by atoms with Gasteiger partial charge >= 0.3 is 12.2 Å². The van der Waals surface area contributed by atoms with E-state index < -0.39 is 4.87 Å². The van der Waals surface area contributed by atoms with Crippen molar-refractivity contribution in [2.75, 3.05) is 25.4 Å². The van der Waals surface area contributed by atoms with Crippen LogP contribution in [-0.2, 0) is 16.1 Å². The average Bonchev–Trinajstić information content (AvgIpc) is 3.28. The number of thioether (sulfide) groups is 1. The van der Waals surface area contributed by atoms with Crippen molar-refractivity contribution in [2.45, 2.75) is 44.2 Å². The number of hydrogen-bond acceptors (Lipinski definition) is 5.